The highest BCUT2D eigenvalue weighted by atomic mass is 35.7. The zero-order valence-corrected chi connectivity index (χ0v) is 9.86. The maximum absolute atomic E-state index is 11.0. The summed E-state index contributed by atoms with van der Waals surface area (Å²) >= 11 is 11.0. The van der Waals surface area contributed by atoms with E-state index in [-0.39, 0.29) is 10.0 Å². The number of halogens is 3. The zero-order valence-electron chi connectivity index (χ0n) is 6.78. The van der Waals surface area contributed by atoms with E-state index in [2.05, 4.69) is 0 Å². The molecule has 0 radical (unpaired) electrons. The molecular weight excluding hydrogens is 288 g/mol. The maximum Gasteiger partial charge on any atom is 0.307 e. The molecule has 0 spiro atoms. The fourth-order valence-electron chi connectivity index (χ4n) is 0.905. The molecule has 82 valence electrons. The van der Waals surface area contributed by atoms with E-state index in [9.17, 15) is 18.5 Å². The molecule has 1 rings (SSSR count). The van der Waals surface area contributed by atoms with Crippen molar-refractivity contribution < 1.29 is 13.3 Å². The summed E-state index contributed by atoms with van der Waals surface area (Å²) < 4.78 is 22.0. The van der Waals surface area contributed by atoms with Gasteiger partial charge in [0.15, 0.2) is 4.90 Å². The Balaban J connectivity index is 3.70. The van der Waals surface area contributed by atoms with Gasteiger partial charge in [0, 0.05) is 15.7 Å². The van der Waals surface area contributed by atoms with Gasteiger partial charge in [-0.1, -0.05) is 23.2 Å². The first kappa shape index (κ1) is 12.5. The van der Waals surface area contributed by atoms with Gasteiger partial charge in [0.05, 0.1) is 4.92 Å². The molecule has 0 bridgehead atoms. The zero-order chi connectivity index (χ0) is 11.8. The number of hydrogen-bond acceptors (Lipinski definition) is 4. The largest absolute Gasteiger partial charge is 0.307 e. The molecule has 0 saturated carbocycles. The van der Waals surface area contributed by atoms with Crippen LogP contribution in [-0.4, -0.2) is 13.3 Å². The SMILES string of the molecule is O=[N+]([O-])c1c(Cl)cc(Cl)cc1S(=O)(=O)Cl. The van der Waals surface area contributed by atoms with E-state index in [4.69, 9.17) is 33.9 Å². The van der Waals surface area contributed by atoms with E-state index in [1.54, 1.807) is 0 Å². The van der Waals surface area contributed by atoms with Crippen molar-refractivity contribution in [1.29, 1.82) is 0 Å². The van der Waals surface area contributed by atoms with Crippen LogP contribution >= 0.6 is 33.9 Å². The van der Waals surface area contributed by atoms with Gasteiger partial charge in [0.25, 0.3) is 9.05 Å². The summed E-state index contributed by atoms with van der Waals surface area (Å²) in [7, 11) is 0.740. The second kappa shape index (κ2) is 4.13. The first-order chi connectivity index (χ1) is 6.73. The van der Waals surface area contributed by atoms with E-state index in [1.807, 2.05) is 0 Å². The third kappa shape index (κ3) is 2.72. The molecule has 15 heavy (non-hydrogen) atoms. The number of nitrogens with zero attached hydrogens (tertiary/aromatic N) is 1. The fraction of sp³-hybridized carbons (Fsp3) is 0. The minimum Gasteiger partial charge on any atom is -0.258 e. The Labute approximate surface area is 99.1 Å². The summed E-state index contributed by atoms with van der Waals surface area (Å²) in [6.07, 6.45) is 0. The van der Waals surface area contributed by atoms with Crippen molar-refractivity contribution in [2.75, 3.05) is 0 Å². The highest BCUT2D eigenvalue weighted by molar-refractivity contribution is 8.13. The van der Waals surface area contributed by atoms with Crippen LogP contribution in [0.5, 0.6) is 0 Å². The summed E-state index contributed by atoms with van der Waals surface area (Å²) in [5.41, 5.74) is -0.781. The highest BCUT2D eigenvalue weighted by Gasteiger charge is 2.28. The standard InChI is InChI=1S/C6H2Cl3NO4S/c7-3-1-4(8)6(10(11)12)5(2-3)15(9,13)14/h1-2H. The molecule has 9 heteroatoms. The van der Waals surface area contributed by atoms with Gasteiger partial charge in [-0.25, -0.2) is 8.42 Å². The predicted molar refractivity (Wildman–Crippen MR) is 56.2 cm³/mol. The van der Waals surface area contributed by atoms with Crippen LogP contribution in [0.3, 0.4) is 0 Å². The molecule has 0 amide bonds. The lowest BCUT2D eigenvalue weighted by molar-refractivity contribution is -0.387. The number of nitro groups is 1. The Hall–Kier alpha value is -0.560. The normalized spacial score (nSPS) is 11.4. The molecule has 0 heterocycles. The molecule has 0 aliphatic heterocycles. The molecule has 5 nitrogen and oxygen atoms in total. The van der Waals surface area contributed by atoms with Crippen molar-refractivity contribution in [3.8, 4) is 0 Å². The van der Waals surface area contributed by atoms with Crippen molar-refractivity contribution in [2.45, 2.75) is 4.90 Å². The van der Waals surface area contributed by atoms with Crippen LogP contribution in [0.1, 0.15) is 0 Å². The molecule has 0 N–H and O–H groups in total. The smallest absolute Gasteiger partial charge is 0.258 e. The van der Waals surface area contributed by atoms with E-state index in [0.717, 1.165) is 12.1 Å². The lowest BCUT2D eigenvalue weighted by Gasteiger charge is -2.01. The van der Waals surface area contributed by atoms with E-state index < -0.39 is 24.6 Å². The van der Waals surface area contributed by atoms with Gasteiger partial charge in [-0.05, 0) is 12.1 Å². The van der Waals surface area contributed by atoms with Crippen LogP contribution in [0, 0.1) is 10.1 Å². The molecule has 0 unspecified atom stereocenters. The number of hydrogen-bond donors (Lipinski definition) is 0. The van der Waals surface area contributed by atoms with Gasteiger partial charge in [-0.15, -0.1) is 0 Å². The van der Waals surface area contributed by atoms with Gasteiger partial charge in [0.1, 0.15) is 5.02 Å². The predicted octanol–water partition coefficient (Wildman–Crippen LogP) is 2.83. The average molecular weight is 291 g/mol. The van der Waals surface area contributed by atoms with Crippen molar-refractivity contribution in [3.63, 3.8) is 0 Å². The van der Waals surface area contributed by atoms with Crippen LogP contribution in [0.25, 0.3) is 0 Å². The second-order valence-corrected chi connectivity index (χ2v) is 5.81. The van der Waals surface area contributed by atoms with Gasteiger partial charge in [0.2, 0.25) is 0 Å². The van der Waals surface area contributed by atoms with Gasteiger partial charge in [-0.3, -0.25) is 10.1 Å². The Morgan fingerprint density at radius 2 is 1.80 bits per heavy atom. The summed E-state index contributed by atoms with van der Waals surface area (Å²) in [6, 6.07) is 1.93. The molecule has 0 fully saturated rings. The number of nitro benzene ring substituents is 1. The quantitative estimate of drug-likeness (QED) is 0.477. The van der Waals surface area contributed by atoms with Crippen molar-refractivity contribution in [3.05, 3.63) is 32.3 Å². The lowest BCUT2D eigenvalue weighted by atomic mass is 10.3. The number of rotatable bonds is 2. The lowest BCUT2D eigenvalue weighted by Crippen LogP contribution is -1.99. The molecule has 1 aromatic carbocycles. The minimum atomic E-state index is -4.26. The first-order valence-corrected chi connectivity index (χ1v) is 6.38. The molecule has 0 atom stereocenters. The Morgan fingerprint density at radius 3 is 2.20 bits per heavy atom. The monoisotopic (exact) mass is 289 g/mol. The Bertz CT molecular complexity index is 527. The first-order valence-electron chi connectivity index (χ1n) is 3.31. The van der Waals surface area contributed by atoms with E-state index >= 15 is 0 Å². The second-order valence-electron chi connectivity index (χ2n) is 2.43. The number of benzene rings is 1. The third-order valence-electron chi connectivity index (χ3n) is 1.44. The van der Waals surface area contributed by atoms with Crippen molar-refractivity contribution in [2.24, 2.45) is 0 Å². The summed E-state index contributed by atoms with van der Waals surface area (Å²) in [5, 5.41) is 10.1. The van der Waals surface area contributed by atoms with E-state index in [1.165, 1.54) is 0 Å². The molecule has 0 aliphatic rings. The third-order valence-corrected chi connectivity index (χ3v) is 3.28. The molecular formula is C6H2Cl3NO4S. The minimum absolute atomic E-state index is 0.0511. The van der Waals surface area contributed by atoms with Crippen LogP contribution in [-0.2, 0) is 9.05 Å². The maximum atomic E-state index is 11.0. The van der Waals surface area contributed by atoms with E-state index in [0.29, 0.717) is 0 Å². The van der Waals surface area contributed by atoms with Crippen LogP contribution in [0.15, 0.2) is 17.0 Å². The van der Waals surface area contributed by atoms with Crippen molar-refractivity contribution >= 4 is 48.6 Å². The van der Waals surface area contributed by atoms with Crippen LogP contribution < -0.4 is 0 Å². The van der Waals surface area contributed by atoms with Gasteiger partial charge < -0.3 is 0 Å². The Kier molecular flexibility index (Phi) is 3.44. The summed E-state index contributed by atoms with van der Waals surface area (Å²) in [5.74, 6) is 0. The van der Waals surface area contributed by atoms with Crippen LogP contribution in [0.2, 0.25) is 10.0 Å². The molecule has 0 aromatic heterocycles. The molecule has 0 saturated heterocycles. The fourth-order valence-corrected chi connectivity index (χ4v) is 2.62. The van der Waals surface area contributed by atoms with Gasteiger partial charge in [-0.2, -0.15) is 0 Å². The summed E-state index contributed by atoms with van der Waals surface area (Å²) in [6.45, 7) is 0. The van der Waals surface area contributed by atoms with Crippen LogP contribution in [0.4, 0.5) is 5.69 Å². The topological polar surface area (TPSA) is 77.3 Å². The molecule has 1 aromatic rings. The molecule has 0 aliphatic carbocycles. The van der Waals surface area contributed by atoms with Gasteiger partial charge >= 0.3 is 5.69 Å². The average Bonchev–Trinajstić information content (AvgIpc) is 1.99. The summed E-state index contributed by atoms with van der Waals surface area (Å²) in [4.78, 5) is 8.90. The Morgan fingerprint density at radius 1 is 1.27 bits per heavy atom. The highest BCUT2D eigenvalue weighted by Crippen LogP contribution is 2.36. The van der Waals surface area contributed by atoms with Crippen molar-refractivity contribution in [1.82, 2.24) is 0 Å².